The van der Waals surface area contributed by atoms with Gasteiger partial charge < -0.3 is 9.64 Å². The van der Waals surface area contributed by atoms with Crippen LogP contribution in [0.25, 0.3) is 0 Å². The van der Waals surface area contributed by atoms with Gasteiger partial charge in [-0.15, -0.1) is 0 Å². The molecule has 0 fully saturated rings. The fourth-order valence-corrected chi connectivity index (χ4v) is 3.78. The lowest BCUT2D eigenvalue weighted by Gasteiger charge is -2.25. The molecule has 6 heteroatoms. The molecule has 3 nitrogen and oxygen atoms in total. The second kappa shape index (κ2) is 11.2. The smallest absolute Gasteiger partial charge is 0.416 e. The summed E-state index contributed by atoms with van der Waals surface area (Å²) in [6, 6.07) is 22.2. The molecule has 3 aromatic carbocycles. The van der Waals surface area contributed by atoms with Crippen molar-refractivity contribution in [1.29, 1.82) is 0 Å². The Balaban J connectivity index is 1.68. The number of halogens is 3. The molecular formula is C28H30F3NO2. The van der Waals surface area contributed by atoms with Gasteiger partial charge in [0.15, 0.2) is 0 Å². The summed E-state index contributed by atoms with van der Waals surface area (Å²) in [6.45, 7) is 4.43. The van der Waals surface area contributed by atoms with Crippen molar-refractivity contribution in [3.05, 3.63) is 101 Å². The van der Waals surface area contributed by atoms with Gasteiger partial charge in [0.2, 0.25) is 5.91 Å². The quantitative estimate of drug-likeness (QED) is 0.336. The summed E-state index contributed by atoms with van der Waals surface area (Å²) in [7, 11) is 1.76. The first-order valence-electron chi connectivity index (χ1n) is 11.4. The Morgan fingerprint density at radius 3 is 2.09 bits per heavy atom. The van der Waals surface area contributed by atoms with Gasteiger partial charge in [0, 0.05) is 20.0 Å². The van der Waals surface area contributed by atoms with Crippen LogP contribution in [-0.4, -0.2) is 24.4 Å². The van der Waals surface area contributed by atoms with Crippen molar-refractivity contribution in [1.82, 2.24) is 4.90 Å². The van der Waals surface area contributed by atoms with E-state index in [1.54, 1.807) is 11.9 Å². The molecule has 180 valence electrons. The van der Waals surface area contributed by atoms with E-state index in [-0.39, 0.29) is 11.8 Å². The predicted octanol–water partition coefficient (Wildman–Crippen LogP) is 7.04. The van der Waals surface area contributed by atoms with Gasteiger partial charge in [-0.05, 0) is 54.3 Å². The molecule has 0 N–H and O–H groups in total. The summed E-state index contributed by atoms with van der Waals surface area (Å²) in [5.41, 5.74) is 2.37. The summed E-state index contributed by atoms with van der Waals surface area (Å²) < 4.78 is 44.7. The Kier molecular flexibility index (Phi) is 8.37. The molecule has 0 aromatic heterocycles. The highest BCUT2D eigenvalue weighted by molar-refractivity contribution is 5.83. The zero-order valence-electron chi connectivity index (χ0n) is 19.7. The molecule has 2 atom stereocenters. The molecule has 1 unspecified atom stereocenters. The average Bonchev–Trinajstić information content (AvgIpc) is 2.85. The molecule has 0 heterocycles. The topological polar surface area (TPSA) is 29.5 Å². The third-order valence-electron chi connectivity index (χ3n) is 5.99. The minimum Gasteiger partial charge on any atom is -0.486 e. The van der Waals surface area contributed by atoms with E-state index in [0.717, 1.165) is 29.7 Å². The highest BCUT2D eigenvalue weighted by Crippen LogP contribution is 2.32. The molecule has 0 bridgehead atoms. The molecule has 1 amide bonds. The van der Waals surface area contributed by atoms with Crippen molar-refractivity contribution in [2.24, 2.45) is 0 Å². The Bertz CT molecular complexity index is 1050. The fraction of sp³-hybridized carbons (Fsp3) is 0.321. The number of hydrogen-bond acceptors (Lipinski definition) is 2. The van der Waals surface area contributed by atoms with E-state index in [0.29, 0.717) is 18.7 Å². The molecule has 0 saturated heterocycles. The highest BCUT2D eigenvalue weighted by Gasteiger charge is 2.30. The van der Waals surface area contributed by atoms with Crippen LogP contribution in [0, 0.1) is 0 Å². The van der Waals surface area contributed by atoms with Gasteiger partial charge in [-0.1, -0.05) is 61.5 Å². The van der Waals surface area contributed by atoms with E-state index < -0.39 is 17.8 Å². The minimum atomic E-state index is -4.39. The molecule has 0 saturated carbocycles. The largest absolute Gasteiger partial charge is 0.486 e. The maximum absolute atomic E-state index is 13.0. The number of ether oxygens (including phenoxy) is 1. The Morgan fingerprint density at radius 2 is 1.53 bits per heavy atom. The first kappa shape index (κ1) is 25.3. The van der Waals surface area contributed by atoms with Crippen LogP contribution in [0.4, 0.5) is 13.2 Å². The number of carbonyl (C=O) groups is 1. The third-order valence-corrected chi connectivity index (χ3v) is 5.99. The Morgan fingerprint density at radius 1 is 0.912 bits per heavy atom. The minimum absolute atomic E-state index is 0.00518. The number of carbonyl (C=O) groups excluding carboxylic acids is 1. The zero-order chi connectivity index (χ0) is 24.7. The third kappa shape index (κ3) is 6.62. The number of amides is 1. The van der Waals surface area contributed by atoms with Crippen LogP contribution in [0.2, 0.25) is 0 Å². The predicted molar refractivity (Wildman–Crippen MR) is 128 cm³/mol. The number of alkyl halides is 3. The zero-order valence-corrected chi connectivity index (χ0v) is 19.7. The lowest BCUT2D eigenvalue weighted by molar-refractivity contribution is -0.137. The van der Waals surface area contributed by atoms with Crippen LogP contribution in [-0.2, 0) is 17.4 Å². The van der Waals surface area contributed by atoms with E-state index in [1.165, 1.54) is 17.7 Å². The first-order chi connectivity index (χ1) is 16.2. The number of aryl methyl sites for hydroxylation is 1. The highest BCUT2D eigenvalue weighted by atomic mass is 19.4. The standard InChI is InChI=1S/C28H30F3NO2/c1-4-21-10-12-22(13-11-21)20(2)27(33)32(3)19-18-26(23-8-6-5-7-9-23)34-25-16-14-24(15-17-25)28(29,30)31/h5-17,20,26H,4,18-19H2,1-3H3/t20?,26-/m0/s1. The summed E-state index contributed by atoms with van der Waals surface area (Å²) in [6.07, 6.45) is -3.36. The van der Waals surface area contributed by atoms with Crippen molar-refractivity contribution >= 4 is 5.91 Å². The second-order valence-electron chi connectivity index (χ2n) is 8.40. The van der Waals surface area contributed by atoms with Crippen LogP contribution >= 0.6 is 0 Å². The van der Waals surface area contributed by atoms with Crippen molar-refractivity contribution in [3.8, 4) is 5.75 Å². The first-order valence-corrected chi connectivity index (χ1v) is 11.4. The van der Waals surface area contributed by atoms with Crippen molar-refractivity contribution < 1.29 is 22.7 Å². The van der Waals surface area contributed by atoms with E-state index >= 15 is 0 Å². The van der Waals surface area contributed by atoms with Gasteiger partial charge in [-0.2, -0.15) is 13.2 Å². The van der Waals surface area contributed by atoms with Crippen LogP contribution in [0.3, 0.4) is 0 Å². The molecule has 34 heavy (non-hydrogen) atoms. The summed E-state index contributed by atoms with van der Waals surface area (Å²) >= 11 is 0. The number of nitrogens with zero attached hydrogens (tertiary/aromatic N) is 1. The fourth-order valence-electron chi connectivity index (χ4n) is 3.78. The maximum atomic E-state index is 13.0. The SMILES string of the molecule is CCc1ccc(C(C)C(=O)N(C)CC[C@H](Oc2ccc(C(F)(F)F)cc2)c2ccccc2)cc1. The molecule has 0 aliphatic carbocycles. The monoisotopic (exact) mass is 469 g/mol. The van der Waals surface area contributed by atoms with Crippen LogP contribution in [0.15, 0.2) is 78.9 Å². The van der Waals surface area contributed by atoms with Gasteiger partial charge in [0.05, 0.1) is 11.5 Å². The van der Waals surface area contributed by atoms with Gasteiger partial charge in [-0.25, -0.2) is 0 Å². The molecule has 3 aromatic rings. The molecule has 0 radical (unpaired) electrons. The number of benzene rings is 3. The normalized spacial score (nSPS) is 13.2. The summed E-state index contributed by atoms with van der Waals surface area (Å²) in [4.78, 5) is 14.7. The van der Waals surface area contributed by atoms with Gasteiger partial charge >= 0.3 is 6.18 Å². The van der Waals surface area contributed by atoms with Crippen LogP contribution in [0.1, 0.15) is 54.5 Å². The van der Waals surface area contributed by atoms with Gasteiger partial charge in [0.1, 0.15) is 11.9 Å². The summed E-state index contributed by atoms with van der Waals surface area (Å²) in [5.74, 6) is 0.0766. The van der Waals surface area contributed by atoms with E-state index in [4.69, 9.17) is 4.74 Å². The number of rotatable bonds is 9. The lowest BCUT2D eigenvalue weighted by atomic mass is 9.97. The van der Waals surface area contributed by atoms with E-state index in [1.807, 2.05) is 61.5 Å². The van der Waals surface area contributed by atoms with Crippen LogP contribution < -0.4 is 4.74 Å². The van der Waals surface area contributed by atoms with Gasteiger partial charge in [0.25, 0.3) is 0 Å². The van der Waals surface area contributed by atoms with Crippen molar-refractivity contribution in [2.45, 2.75) is 44.9 Å². The lowest BCUT2D eigenvalue weighted by Crippen LogP contribution is -2.32. The molecule has 0 spiro atoms. The second-order valence-corrected chi connectivity index (χ2v) is 8.40. The number of likely N-dealkylation sites (N-methyl/N-ethyl adjacent to an activating group) is 1. The summed E-state index contributed by atoms with van der Waals surface area (Å²) in [5, 5.41) is 0. The molecule has 0 aliphatic heterocycles. The molecule has 3 rings (SSSR count). The maximum Gasteiger partial charge on any atom is 0.416 e. The Hall–Kier alpha value is -3.28. The van der Waals surface area contributed by atoms with Crippen molar-refractivity contribution in [3.63, 3.8) is 0 Å². The van der Waals surface area contributed by atoms with E-state index in [9.17, 15) is 18.0 Å². The number of hydrogen-bond donors (Lipinski definition) is 0. The van der Waals surface area contributed by atoms with Gasteiger partial charge in [-0.3, -0.25) is 4.79 Å². The van der Waals surface area contributed by atoms with Crippen LogP contribution in [0.5, 0.6) is 5.75 Å². The van der Waals surface area contributed by atoms with E-state index in [2.05, 4.69) is 6.92 Å². The Labute approximate surface area is 199 Å². The molecule has 0 aliphatic rings. The average molecular weight is 470 g/mol. The van der Waals surface area contributed by atoms with Crippen molar-refractivity contribution in [2.75, 3.05) is 13.6 Å². The molecular weight excluding hydrogens is 439 g/mol.